The molecule has 0 radical (unpaired) electrons. The van der Waals surface area contributed by atoms with Crippen molar-refractivity contribution in [3.8, 4) is 11.5 Å². The van der Waals surface area contributed by atoms with Gasteiger partial charge in [-0.1, -0.05) is 24.3 Å². The molecule has 4 spiro atoms. The minimum atomic E-state index is -1.55. The molecule has 7 fully saturated rings. The van der Waals surface area contributed by atoms with E-state index < -0.39 is 69.3 Å². The fourth-order valence-electron chi connectivity index (χ4n) is 13.8. The third-order valence-electron chi connectivity index (χ3n) is 16.2. The molecule has 14 heteroatoms. The number of ether oxygens (including phenoxy) is 6. The lowest BCUT2D eigenvalue weighted by Gasteiger charge is -2.64. The molecule has 58 heavy (non-hydrogen) atoms. The van der Waals surface area contributed by atoms with Crippen molar-refractivity contribution >= 4 is 35.5 Å². The van der Waals surface area contributed by atoms with Crippen molar-refractivity contribution in [3.05, 3.63) is 71.8 Å². The summed E-state index contributed by atoms with van der Waals surface area (Å²) in [5, 5.41) is 0. The van der Waals surface area contributed by atoms with Crippen LogP contribution in [0, 0.1) is 11.8 Å². The largest absolute Gasteiger partial charge is 0.497 e. The second-order valence-corrected chi connectivity index (χ2v) is 17.6. The van der Waals surface area contributed by atoms with Crippen molar-refractivity contribution in [2.75, 3.05) is 64.4 Å². The van der Waals surface area contributed by atoms with Gasteiger partial charge in [-0.15, -0.1) is 0 Å². The average Bonchev–Trinajstić information content (AvgIpc) is 3.92. The van der Waals surface area contributed by atoms with E-state index >= 15 is 9.59 Å². The molecule has 2 aliphatic carbocycles. The number of rotatable bonds is 2. The van der Waals surface area contributed by atoms with Gasteiger partial charge < -0.3 is 28.4 Å². The van der Waals surface area contributed by atoms with Gasteiger partial charge in [0.25, 0.3) is 0 Å². The minimum absolute atomic E-state index is 0.278. The Labute approximate surface area is 336 Å². The maximum absolute atomic E-state index is 16.3. The highest BCUT2D eigenvalue weighted by Crippen LogP contribution is 2.70. The normalized spacial score (nSPS) is 38.8. The van der Waals surface area contributed by atoms with E-state index in [1.54, 1.807) is 48.3 Å². The molecule has 304 valence electrons. The van der Waals surface area contributed by atoms with Gasteiger partial charge in [0.1, 0.15) is 22.6 Å². The average molecular weight is 793 g/mol. The maximum atomic E-state index is 16.3. The van der Waals surface area contributed by atoms with Crippen LogP contribution in [0.4, 0.5) is 21.0 Å². The number of hydrogen-bond donors (Lipinski definition) is 0. The molecule has 0 unspecified atom stereocenters. The van der Waals surface area contributed by atoms with Crippen molar-refractivity contribution in [2.45, 2.75) is 84.7 Å². The lowest BCUT2D eigenvalue weighted by Crippen LogP contribution is -2.77. The van der Waals surface area contributed by atoms with Crippen LogP contribution in [-0.4, -0.2) is 111 Å². The number of methoxy groups -OCH3 is 4. The monoisotopic (exact) mass is 792 g/mol. The number of carbonyl (C=O) groups excluding carboxylic acids is 4. The molecule has 2 saturated carbocycles. The molecular weight excluding hydrogens is 745 g/mol. The summed E-state index contributed by atoms with van der Waals surface area (Å²) in [6.45, 7) is 2.39. The number of nitrogens with zero attached hydrogens (tertiary/aromatic N) is 4. The summed E-state index contributed by atoms with van der Waals surface area (Å²) in [5.41, 5.74) is -4.82. The fourth-order valence-corrected chi connectivity index (χ4v) is 13.8. The third-order valence-corrected chi connectivity index (χ3v) is 16.2. The van der Waals surface area contributed by atoms with Crippen LogP contribution in [0.1, 0.15) is 62.5 Å². The summed E-state index contributed by atoms with van der Waals surface area (Å²) in [4.78, 5) is 69.6. The van der Waals surface area contributed by atoms with Gasteiger partial charge in [-0.25, -0.2) is 9.59 Å². The predicted octanol–water partition coefficient (Wildman–Crippen LogP) is 5.17. The molecule has 9 aliphatic heterocycles. The topological polar surface area (TPSA) is 137 Å². The number of benzene rings is 2. The first-order valence-electron chi connectivity index (χ1n) is 20.5. The highest BCUT2D eigenvalue weighted by molar-refractivity contribution is 5.99. The van der Waals surface area contributed by atoms with E-state index in [1.165, 1.54) is 14.2 Å². The smallest absolute Gasteiger partial charge is 0.414 e. The van der Waals surface area contributed by atoms with Gasteiger partial charge in [-0.3, -0.25) is 29.2 Å². The van der Waals surface area contributed by atoms with Crippen molar-refractivity contribution in [2.24, 2.45) is 11.8 Å². The third kappa shape index (κ3) is 3.96. The Hall–Kier alpha value is -5.08. The summed E-state index contributed by atoms with van der Waals surface area (Å²) in [6.07, 6.45) is 10.4. The summed E-state index contributed by atoms with van der Waals surface area (Å²) in [5.74, 6) is -2.03. The van der Waals surface area contributed by atoms with Gasteiger partial charge in [0.15, 0.2) is 11.2 Å². The van der Waals surface area contributed by atoms with E-state index in [0.29, 0.717) is 98.7 Å². The molecule has 2 aromatic carbocycles. The Bertz CT molecular complexity index is 2110. The number of fused-ring (bicyclic) bond motifs is 6. The molecule has 8 bridgehead atoms. The van der Waals surface area contributed by atoms with Gasteiger partial charge in [-0.2, -0.15) is 0 Å². The number of esters is 2. The van der Waals surface area contributed by atoms with Gasteiger partial charge in [0, 0.05) is 61.2 Å². The van der Waals surface area contributed by atoms with Crippen LogP contribution in [0.3, 0.4) is 0 Å². The second kappa shape index (κ2) is 11.8. The van der Waals surface area contributed by atoms with Crippen molar-refractivity contribution in [1.29, 1.82) is 0 Å². The molecule has 8 atom stereocenters. The fraction of sp³-hybridized carbons (Fsp3) is 0.545. The van der Waals surface area contributed by atoms with E-state index in [0.717, 1.165) is 0 Å². The summed E-state index contributed by atoms with van der Waals surface area (Å²) >= 11 is 0. The standard InChI is InChI=1S/C44H48N4O10/c1-53-27-7-9-33-29(23-27)43-17-21-45-19-5-11-39(45)13-15-41(43,47(33)37(51)55-3)31(25-39)36(50)58-44-18-22-46-20-6-12-40(46)14-16-42(44,32(26-40)35(49)57-43)48(38(52)56-4)34-10-8-28(54-2)24-30(34)44/h5-12,23-24,31-32H,13-22,25-26H2,1-4H3/t31-,32-,39+,40+,41+,42+,43+,44+/m0/s1. The van der Waals surface area contributed by atoms with Crippen LogP contribution in [0.2, 0.25) is 0 Å². The molecule has 2 aromatic rings. The first-order valence-corrected chi connectivity index (χ1v) is 20.5. The van der Waals surface area contributed by atoms with E-state index in [2.05, 4.69) is 34.1 Å². The molecule has 11 aliphatic rings. The van der Waals surface area contributed by atoms with E-state index in [4.69, 9.17) is 28.4 Å². The molecule has 5 saturated heterocycles. The second-order valence-electron chi connectivity index (χ2n) is 17.6. The first-order chi connectivity index (χ1) is 28.0. The van der Waals surface area contributed by atoms with Crippen LogP contribution >= 0.6 is 0 Å². The number of hydrogen-bond acceptors (Lipinski definition) is 12. The van der Waals surface area contributed by atoms with Gasteiger partial charge in [0.2, 0.25) is 0 Å². The Morgan fingerprint density at radius 3 is 1.45 bits per heavy atom. The zero-order valence-corrected chi connectivity index (χ0v) is 33.3. The molecule has 14 nitrogen and oxygen atoms in total. The lowest BCUT2D eigenvalue weighted by atomic mass is 9.54. The number of amides is 2. The van der Waals surface area contributed by atoms with Crippen LogP contribution in [0.15, 0.2) is 60.7 Å². The van der Waals surface area contributed by atoms with Crippen molar-refractivity contribution < 1.29 is 47.6 Å². The van der Waals surface area contributed by atoms with Crippen LogP contribution in [-0.2, 0) is 39.7 Å². The van der Waals surface area contributed by atoms with E-state index in [9.17, 15) is 9.59 Å². The minimum Gasteiger partial charge on any atom is -0.497 e. The molecule has 13 rings (SSSR count). The Morgan fingerprint density at radius 2 is 1.05 bits per heavy atom. The Morgan fingerprint density at radius 1 is 0.621 bits per heavy atom. The zero-order valence-electron chi connectivity index (χ0n) is 33.3. The van der Waals surface area contributed by atoms with Crippen LogP contribution in [0.25, 0.3) is 0 Å². The summed E-state index contributed by atoms with van der Waals surface area (Å²) in [6, 6.07) is 10.9. The molecule has 0 aromatic heterocycles. The zero-order chi connectivity index (χ0) is 40.0. The van der Waals surface area contributed by atoms with E-state index in [-0.39, 0.29) is 12.8 Å². The molecule has 0 N–H and O–H groups in total. The van der Waals surface area contributed by atoms with Crippen molar-refractivity contribution in [3.63, 3.8) is 0 Å². The molecule has 9 heterocycles. The number of anilines is 2. The Kier molecular flexibility index (Phi) is 7.32. The highest BCUT2D eigenvalue weighted by Gasteiger charge is 2.80. The van der Waals surface area contributed by atoms with E-state index in [1.807, 2.05) is 12.1 Å². The van der Waals surface area contributed by atoms with Gasteiger partial charge in [-0.05, 0) is 74.9 Å². The van der Waals surface area contributed by atoms with Gasteiger partial charge >= 0.3 is 24.1 Å². The quantitative estimate of drug-likeness (QED) is 0.226. The number of carbonyl (C=O) groups is 4. The lowest BCUT2D eigenvalue weighted by molar-refractivity contribution is -0.229. The maximum Gasteiger partial charge on any atom is 0.414 e. The summed E-state index contributed by atoms with van der Waals surface area (Å²) < 4.78 is 37.7. The molecule has 2 amide bonds. The first kappa shape index (κ1) is 36.0. The molecular formula is C44H48N4O10. The Balaban J connectivity index is 1.24. The summed E-state index contributed by atoms with van der Waals surface area (Å²) in [7, 11) is 5.81. The predicted molar refractivity (Wildman–Crippen MR) is 208 cm³/mol. The highest BCUT2D eigenvalue weighted by atomic mass is 16.6. The van der Waals surface area contributed by atoms with Gasteiger partial charge in [0.05, 0.1) is 51.6 Å². The van der Waals surface area contributed by atoms with Crippen molar-refractivity contribution in [1.82, 2.24) is 9.80 Å². The van der Waals surface area contributed by atoms with Crippen LogP contribution < -0.4 is 19.3 Å². The SMILES string of the molecule is COC(=O)N1c2ccc(OC)cc2[C@]23CCN4CC=C[C@]45CC[C@]12[C@@H](C5)C(=O)O[C@@]12CCN4CC=C[C@]45CC[C@]1([C@@H](C5)C(=O)O3)N(C(=O)OC)c1ccc(OC)cc12. The van der Waals surface area contributed by atoms with Crippen LogP contribution in [0.5, 0.6) is 11.5 Å².